The lowest BCUT2D eigenvalue weighted by atomic mass is 10.1. The average Bonchev–Trinajstić information content (AvgIpc) is 3.26. The summed E-state index contributed by atoms with van der Waals surface area (Å²) in [5.41, 5.74) is 2.23. The normalized spacial score (nSPS) is 11.1. The van der Waals surface area contributed by atoms with Crippen LogP contribution < -0.4 is 10.6 Å². The molecule has 0 unspecified atom stereocenters. The van der Waals surface area contributed by atoms with E-state index < -0.39 is 0 Å². The lowest BCUT2D eigenvalue weighted by molar-refractivity contribution is -0.115. The Morgan fingerprint density at radius 2 is 2.27 bits per heavy atom. The monoisotopic (exact) mass is 385 g/mol. The molecule has 0 bridgehead atoms. The number of unbranched alkanes of at least 4 members (excludes halogenated alkanes) is 1. The molecular weight excluding hydrogens is 366 g/mol. The number of hydrogen-bond acceptors (Lipinski definition) is 5. The highest BCUT2D eigenvalue weighted by Crippen LogP contribution is 2.27. The van der Waals surface area contributed by atoms with Crippen LogP contribution in [0.4, 0.5) is 5.13 Å². The maximum Gasteiger partial charge on any atom is 0.250 e. The molecule has 0 aliphatic rings. The molecule has 0 saturated heterocycles. The van der Waals surface area contributed by atoms with E-state index in [-0.39, 0.29) is 11.0 Å². The van der Waals surface area contributed by atoms with Crippen LogP contribution in [-0.4, -0.2) is 16.0 Å². The summed E-state index contributed by atoms with van der Waals surface area (Å²) in [4.78, 5) is 16.4. The van der Waals surface area contributed by atoms with Crippen LogP contribution in [0.2, 0.25) is 0 Å². The van der Waals surface area contributed by atoms with E-state index in [0.717, 1.165) is 16.6 Å². The second kappa shape index (κ2) is 8.73. The van der Waals surface area contributed by atoms with Gasteiger partial charge >= 0.3 is 0 Å². The van der Waals surface area contributed by atoms with Crippen LogP contribution >= 0.6 is 23.6 Å². The van der Waals surface area contributed by atoms with E-state index in [9.17, 15) is 4.79 Å². The van der Waals surface area contributed by atoms with E-state index >= 15 is 0 Å². The van der Waals surface area contributed by atoms with Gasteiger partial charge in [-0.15, -0.1) is 0 Å². The summed E-state index contributed by atoms with van der Waals surface area (Å²) in [5.74, 6) is 0.269. The highest BCUT2D eigenvalue weighted by molar-refractivity contribution is 7.80. The van der Waals surface area contributed by atoms with Gasteiger partial charge in [0.05, 0.1) is 16.5 Å². The minimum absolute atomic E-state index is 0.212. The Morgan fingerprint density at radius 1 is 1.38 bits per heavy atom. The van der Waals surface area contributed by atoms with Crippen LogP contribution in [0.15, 0.2) is 47.1 Å². The van der Waals surface area contributed by atoms with Gasteiger partial charge in [0.2, 0.25) is 5.91 Å². The van der Waals surface area contributed by atoms with E-state index in [1.807, 2.05) is 6.07 Å². The third-order valence-corrected chi connectivity index (χ3v) is 4.81. The maximum absolute atomic E-state index is 11.9. The number of fused-ring (bicyclic) bond motifs is 1. The number of carbonyl (C=O) groups excluding carboxylic acids is 1. The lowest BCUT2D eigenvalue weighted by Crippen LogP contribution is -2.32. The van der Waals surface area contributed by atoms with Gasteiger partial charge in [0, 0.05) is 6.08 Å². The number of thiazole rings is 1. The van der Waals surface area contributed by atoms with E-state index in [1.165, 1.54) is 35.8 Å². The summed E-state index contributed by atoms with van der Waals surface area (Å²) in [5, 5.41) is 6.43. The van der Waals surface area contributed by atoms with Gasteiger partial charge in [0.15, 0.2) is 10.2 Å². The van der Waals surface area contributed by atoms with Crippen LogP contribution in [0, 0.1) is 0 Å². The summed E-state index contributed by atoms with van der Waals surface area (Å²) >= 11 is 6.70. The molecule has 2 N–H and O–H groups in total. The summed E-state index contributed by atoms with van der Waals surface area (Å²) in [6.45, 7) is 2.19. The van der Waals surface area contributed by atoms with Crippen molar-refractivity contribution in [2.24, 2.45) is 0 Å². The van der Waals surface area contributed by atoms with Crippen LogP contribution in [0.1, 0.15) is 31.1 Å². The quantitative estimate of drug-likeness (QED) is 0.473. The van der Waals surface area contributed by atoms with Crippen molar-refractivity contribution in [2.75, 3.05) is 5.32 Å². The molecule has 2 heterocycles. The molecule has 1 aromatic carbocycles. The van der Waals surface area contributed by atoms with E-state index in [0.29, 0.717) is 10.9 Å². The number of carbonyl (C=O) groups is 1. The van der Waals surface area contributed by atoms with E-state index in [2.05, 4.69) is 34.7 Å². The number of amides is 1. The average molecular weight is 386 g/mol. The van der Waals surface area contributed by atoms with Crippen molar-refractivity contribution >= 4 is 56.0 Å². The molecule has 0 spiro atoms. The van der Waals surface area contributed by atoms with Crippen molar-refractivity contribution in [3.63, 3.8) is 0 Å². The number of rotatable bonds is 6. The highest BCUT2D eigenvalue weighted by Gasteiger charge is 2.08. The fourth-order valence-corrected chi connectivity index (χ4v) is 3.58. The summed E-state index contributed by atoms with van der Waals surface area (Å²) in [7, 11) is 0. The topological polar surface area (TPSA) is 67.2 Å². The lowest BCUT2D eigenvalue weighted by Gasteiger charge is -2.04. The zero-order valence-electron chi connectivity index (χ0n) is 14.3. The molecular formula is C19H19N3O2S2. The number of nitrogens with zero attached hydrogens (tertiary/aromatic N) is 1. The first-order chi connectivity index (χ1) is 12.6. The number of benzene rings is 1. The van der Waals surface area contributed by atoms with Gasteiger partial charge in [0.25, 0.3) is 0 Å². The van der Waals surface area contributed by atoms with Gasteiger partial charge in [-0.25, -0.2) is 4.98 Å². The van der Waals surface area contributed by atoms with E-state index in [4.69, 9.17) is 16.6 Å². The van der Waals surface area contributed by atoms with Crippen LogP contribution in [0.25, 0.3) is 16.3 Å². The minimum Gasteiger partial charge on any atom is -0.465 e. The van der Waals surface area contributed by atoms with E-state index in [1.54, 1.807) is 24.5 Å². The summed E-state index contributed by atoms with van der Waals surface area (Å²) < 4.78 is 6.23. The fraction of sp³-hybridized carbons (Fsp3) is 0.211. The largest absolute Gasteiger partial charge is 0.465 e. The number of furan rings is 1. The molecule has 5 nitrogen and oxygen atoms in total. The number of nitrogens with one attached hydrogen (secondary N) is 2. The molecule has 0 atom stereocenters. The van der Waals surface area contributed by atoms with Crippen LogP contribution in [-0.2, 0) is 11.2 Å². The molecule has 0 aliphatic carbocycles. The van der Waals surface area contributed by atoms with Gasteiger partial charge < -0.3 is 9.73 Å². The Labute approximate surface area is 161 Å². The van der Waals surface area contributed by atoms with Gasteiger partial charge in [-0.1, -0.05) is 30.7 Å². The van der Waals surface area contributed by atoms with Crippen molar-refractivity contribution in [1.29, 1.82) is 0 Å². The zero-order chi connectivity index (χ0) is 18.4. The fourth-order valence-electron chi connectivity index (χ4n) is 2.38. The molecule has 0 saturated carbocycles. The SMILES string of the molecule is CCCCc1ccc2nc(NC(=S)NC(=O)/C=C/c3ccco3)sc2c1. The molecule has 0 aliphatic heterocycles. The zero-order valence-corrected chi connectivity index (χ0v) is 16.0. The summed E-state index contributed by atoms with van der Waals surface area (Å²) in [6, 6.07) is 9.82. The van der Waals surface area contributed by atoms with Crippen molar-refractivity contribution in [2.45, 2.75) is 26.2 Å². The Balaban J connectivity index is 1.59. The number of aromatic nitrogens is 1. The molecule has 26 heavy (non-hydrogen) atoms. The maximum atomic E-state index is 11.9. The third-order valence-electron chi connectivity index (χ3n) is 3.67. The van der Waals surface area contributed by atoms with Gasteiger partial charge in [-0.05, 0) is 61.0 Å². The predicted octanol–water partition coefficient (Wildman–Crippen LogP) is 4.76. The molecule has 2 aromatic heterocycles. The highest BCUT2D eigenvalue weighted by atomic mass is 32.1. The first-order valence-corrected chi connectivity index (χ1v) is 9.59. The molecule has 7 heteroatoms. The first kappa shape index (κ1) is 18.3. The minimum atomic E-state index is -0.332. The van der Waals surface area contributed by atoms with Crippen LogP contribution in [0.3, 0.4) is 0 Å². The smallest absolute Gasteiger partial charge is 0.250 e. The van der Waals surface area contributed by atoms with Gasteiger partial charge in [-0.2, -0.15) is 0 Å². The second-order valence-corrected chi connectivity index (χ2v) is 7.16. The Hall–Kier alpha value is -2.51. The second-order valence-electron chi connectivity index (χ2n) is 5.72. The molecule has 1 amide bonds. The standard InChI is InChI=1S/C19H19N3O2S2/c1-2-3-5-13-7-9-15-16(12-13)26-19(20-15)22-18(25)21-17(23)10-8-14-6-4-11-24-14/h4,6-12H,2-3,5H2,1H3,(H2,20,21,22,23,25)/b10-8+. The molecule has 134 valence electrons. The first-order valence-electron chi connectivity index (χ1n) is 8.37. The molecule has 3 aromatic rings. The Morgan fingerprint density at radius 3 is 3.04 bits per heavy atom. The van der Waals surface area contributed by atoms with Crippen molar-refractivity contribution in [3.8, 4) is 0 Å². The third kappa shape index (κ3) is 5.00. The molecule has 3 rings (SSSR count). The number of hydrogen-bond donors (Lipinski definition) is 2. The number of aryl methyl sites for hydroxylation is 1. The van der Waals surface area contributed by atoms with Crippen molar-refractivity contribution < 1.29 is 9.21 Å². The van der Waals surface area contributed by atoms with Crippen molar-refractivity contribution in [1.82, 2.24) is 10.3 Å². The number of thiocarbonyl (C=S) groups is 1. The number of anilines is 1. The summed E-state index contributed by atoms with van der Waals surface area (Å²) in [6.07, 6.45) is 7.92. The molecule has 0 radical (unpaired) electrons. The van der Waals surface area contributed by atoms with Gasteiger partial charge in [0.1, 0.15) is 5.76 Å². The Bertz CT molecular complexity index is 930. The van der Waals surface area contributed by atoms with Crippen molar-refractivity contribution in [3.05, 3.63) is 54.0 Å². The molecule has 0 fully saturated rings. The van der Waals surface area contributed by atoms with Crippen LogP contribution in [0.5, 0.6) is 0 Å². The Kier molecular flexibility index (Phi) is 6.14. The van der Waals surface area contributed by atoms with Gasteiger partial charge in [-0.3, -0.25) is 10.1 Å². The predicted molar refractivity (Wildman–Crippen MR) is 110 cm³/mol.